The summed E-state index contributed by atoms with van der Waals surface area (Å²) in [4.78, 5) is 13.5. The molecule has 3 rings (SSSR count). The SMILES string of the molecule is CCN(CCc1cc(-c2ccc(S(C)(=O)=O)cc2)n(-c2ccccc2)c1C)C(N)=O. The van der Waals surface area contributed by atoms with Crippen LogP contribution in [0.15, 0.2) is 65.6 Å². The summed E-state index contributed by atoms with van der Waals surface area (Å²) in [6, 6.07) is 18.6. The number of hydrogen-bond donors (Lipinski definition) is 1. The highest BCUT2D eigenvalue weighted by Gasteiger charge is 2.17. The van der Waals surface area contributed by atoms with E-state index < -0.39 is 15.9 Å². The first-order valence-corrected chi connectivity index (χ1v) is 11.7. The monoisotopic (exact) mass is 425 g/mol. The Balaban J connectivity index is 2.06. The van der Waals surface area contributed by atoms with Crippen LogP contribution in [0.5, 0.6) is 0 Å². The number of likely N-dealkylation sites (N-methyl/N-ethyl adjacent to an activating group) is 1. The molecule has 158 valence electrons. The van der Waals surface area contributed by atoms with Gasteiger partial charge in [0.1, 0.15) is 0 Å². The Morgan fingerprint density at radius 1 is 1.07 bits per heavy atom. The second-order valence-corrected chi connectivity index (χ2v) is 9.29. The van der Waals surface area contributed by atoms with Crippen LogP contribution in [0.3, 0.4) is 0 Å². The summed E-state index contributed by atoms with van der Waals surface area (Å²) in [6.45, 7) is 5.06. The van der Waals surface area contributed by atoms with Crippen LogP contribution < -0.4 is 5.73 Å². The number of sulfone groups is 1. The average Bonchev–Trinajstić information content (AvgIpc) is 3.04. The molecule has 6 nitrogen and oxygen atoms in total. The van der Waals surface area contributed by atoms with Crippen molar-refractivity contribution in [2.24, 2.45) is 5.73 Å². The van der Waals surface area contributed by atoms with Gasteiger partial charge in [0.05, 0.1) is 10.6 Å². The lowest BCUT2D eigenvalue weighted by Gasteiger charge is -2.18. The fourth-order valence-electron chi connectivity index (χ4n) is 3.59. The van der Waals surface area contributed by atoms with Crippen LogP contribution in [0.25, 0.3) is 16.9 Å². The number of urea groups is 1. The van der Waals surface area contributed by atoms with Crippen LogP contribution in [-0.4, -0.2) is 43.3 Å². The van der Waals surface area contributed by atoms with Crippen LogP contribution in [0, 0.1) is 6.92 Å². The average molecular weight is 426 g/mol. The van der Waals surface area contributed by atoms with Gasteiger partial charge in [0.15, 0.2) is 9.84 Å². The van der Waals surface area contributed by atoms with Crippen molar-refractivity contribution in [3.63, 3.8) is 0 Å². The maximum atomic E-state index is 11.8. The summed E-state index contributed by atoms with van der Waals surface area (Å²) in [5, 5.41) is 0. The number of primary amides is 1. The Kier molecular flexibility index (Phi) is 6.31. The first kappa shape index (κ1) is 21.6. The van der Waals surface area contributed by atoms with Gasteiger partial charge in [0.25, 0.3) is 0 Å². The van der Waals surface area contributed by atoms with Crippen molar-refractivity contribution in [3.05, 3.63) is 71.9 Å². The molecule has 2 aromatic carbocycles. The summed E-state index contributed by atoms with van der Waals surface area (Å²) in [6.07, 6.45) is 1.88. The van der Waals surface area contributed by atoms with Crippen LogP contribution in [0.1, 0.15) is 18.2 Å². The van der Waals surface area contributed by atoms with Crippen LogP contribution >= 0.6 is 0 Å². The Hall–Kier alpha value is -3.06. The minimum Gasteiger partial charge on any atom is -0.351 e. The minimum absolute atomic E-state index is 0.293. The van der Waals surface area contributed by atoms with Gasteiger partial charge in [-0.2, -0.15) is 0 Å². The third-order valence-electron chi connectivity index (χ3n) is 5.29. The number of para-hydroxylation sites is 1. The fourth-order valence-corrected chi connectivity index (χ4v) is 4.22. The molecule has 7 heteroatoms. The van der Waals surface area contributed by atoms with Crippen molar-refractivity contribution >= 4 is 15.9 Å². The lowest BCUT2D eigenvalue weighted by atomic mass is 10.1. The summed E-state index contributed by atoms with van der Waals surface area (Å²) in [7, 11) is -3.25. The highest BCUT2D eigenvalue weighted by Crippen LogP contribution is 2.30. The van der Waals surface area contributed by atoms with E-state index in [4.69, 9.17) is 5.73 Å². The number of aromatic nitrogens is 1. The van der Waals surface area contributed by atoms with Gasteiger partial charge in [0.2, 0.25) is 0 Å². The molecule has 1 aromatic heterocycles. The fraction of sp³-hybridized carbons (Fsp3) is 0.261. The van der Waals surface area contributed by atoms with E-state index in [0.717, 1.165) is 28.2 Å². The van der Waals surface area contributed by atoms with Gasteiger partial charge in [-0.25, -0.2) is 13.2 Å². The zero-order valence-corrected chi connectivity index (χ0v) is 18.3. The maximum absolute atomic E-state index is 11.8. The van der Waals surface area contributed by atoms with Gasteiger partial charge >= 0.3 is 6.03 Å². The molecule has 0 aliphatic heterocycles. The third-order valence-corrected chi connectivity index (χ3v) is 6.42. The molecule has 0 bridgehead atoms. The highest BCUT2D eigenvalue weighted by molar-refractivity contribution is 7.90. The second-order valence-electron chi connectivity index (χ2n) is 7.28. The zero-order chi connectivity index (χ0) is 21.9. The smallest absolute Gasteiger partial charge is 0.314 e. The van der Waals surface area contributed by atoms with Crippen molar-refractivity contribution < 1.29 is 13.2 Å². The minimum atomic E-state index is -3.25. The number of carbonyl (C=O) groups excluding carboxylic acids is 1. The molecule has 0 spiro atoms. The Labute approximate surface area is 177 Å². The molecule has 0 aliphatic rings. The predicted octanol–water partition coefficient (Wildman–Crippen LogP) is 3.80. The number of nitrogens with two attached hydrogens (primary N) is 1. The molecule has 0 fully saturated rings. The zero-order valence-electron chi connectivity index (χ0n) is 17.5. The molecule has 0 radical (unpaired) electrons. The molecular weight excluding hydrogens is 398 g/mol. The van der Waals surface area contributed by atoms with E-state index in [2.05, 4.69) is 17.6 Å². The topological polar surface area (TPSA) is 85.4 Å². The standard InChI is InChI=1S/C23H27N3O3S/c1-4-25(23(24)27)15-14-19-16-22(18-10-12-21(13-11-18)30(3,28)29)26(17(19)2)20-8-6-5-7-9-20/h5-13,16H,4,14-15H2,1-3H3,(H2,24,27). The first-order valence-electron chi connectivity index (χ1n) is 9.84. The molecule has 2 N–H and O–H groups in total. The van der Waals surface area contributed by atoms with Gasteiger partial charge < -0.3 is 15.2 Å². The van der Waals surface area contributed by atoms with Crippen molar-refractivity contribution in [2.75, 3.05) is 19.3 Å². The summed E-state index contributed by atoms with van der Waals surface area (Å²) in [5.74, 6) is 0. The molecule has 1 heterocycles. The number of benzene rings is 2. The van der Waals surface area contributed by atoms with Crippen LogP contribution in [0.4, 0.5) is 4.79 Å². The van der Waals surface area contributed by atoms with Gasteiger partial charge in [-0.1, -0.05) is 30.3 Å². The molecule has 0 atom stereocenters. The third kappa shape index (κ3) is 4.57. The Bertz CT molecular complexity index is 1130. The number of hydrogen-bond acceptors (Lipinski definition) is 3. The first-order chi connectivity index (χ1) is 14.2. The van der Waals surface area contributed by atoms with E-state index in [1.165, 1.54) is 6.26 Å². The molecule has 30 heavy (non-hydrogen) atoms. The van der Waals surface area contributed by atoms with E-state index in [1.54, 1.807) is 17.0 Å². The summed E-state index contributed by atoms with van der Waals surface area (Å²) >= 11 is 0. The molecule has 0 saturated carbocycles. The van der Waals surface area contributed by atoms with Gasteiger partial charge in [-0.05, 0) is 61.7 Å². The Morgan fingerprint density at radius 3 is 2.23 bits per heavy atom. The van der Waals surface area contributed by atoms with E-state index in [1.807, 2.05) is 49.4 Å². The van der Waals surface area contributed by atoms with E-state index in [-0.39, 0.29) is 0 Å². The van der Waals surface area contributed by atoms with E-state index in [0.29, 0.717) is 24.4 Å². The summed E-state index contributed by atoms with van der Waals surface area (Å²) < 4.78 is 25.8. The molecule has 0 saturated heterocycles. The van der Waals surface area contributed by atoms with Crippen LogP contribution in [-0.2, 0) is 16.3 Å². The summed E-state index contributed by atoms with van der Waals surface area (Å²) in [5.41, 5.74) is 10.5. The lowest BCUT2D eigenvalue weighted by molar-refractivity contribution is 0.211. The number of amides is 2. The Morgan fingerprint density at radius 2 is 1.70 bits per heavy atom. The molecule has 0 unspecified atom stereocenters. The molecule has 3 aromatic rings. The van der Waals surface area contributed by atoms with Crippen molar-refractivity contribution in [1.29, 1.82) is 0 Å². The quantitative estimate of drug-likeness (QED) is 0.625. The number of carbonyl (C=O) groups is 1. The maximum Gasteiger partial charge on any atom is 0.314 e. The molecular formula is C23H27N3O3S. The lowest BCUT2D eigenvalue weighted by Crippen LogP contribution is -2.37. The highest BCUT2D eigenvalue weighted by atomic mass is 32.2. The van der Waals surface area contributed by atoms with Gasteiger partial charge in [-0.3, -0.25) is 0 Å². The molecule has 2 amide bonds. The van der Waals surface area contributed by atoms with Crippen LogP contribution in [0.2, 0.25) is 0 Å². The van der Waals surface area contributed by atoms with Gasteiger partial charge in [0, 0.05) is 30.7 Å². The van der Waals surface area contributed by atoms with E-state index in [9.17, 15) is 13.2 Å². The number of nitrogens with zero attached hydrogens (tertiary/aromatic N) is 2. The van der Waals surface area contributed by atoms with Crippen molar-refractivity contribution in [3.8, 4) is 16.9 Å². The van der Waals surface area contributed by atoms with E-state index >= 15 is 0 Å². The van der Waals surface area contributed by atoms with Crippen molar-refractivity contribution in [1.82, 2.24) is 9.47 Å². The molecule has 0 aliphatic carbocycles. The van der Waals surface area contributed by atoms with Gasteiger partial charge in [-0.15, -0.1) is 0 Å². The van der Waals surface area contributed by atoms with Crippen molar-refractivity contribution in [2.45, 2.75) is 25.2 Å². The second kappa shape index (κ2) is 8.75. The number of rotatable bonds is 7. The predicted molar refractivity (Wildman–Crippen MR) is 120 cm³/mol. The largest absolute Gasteiger partial charge is 0.351 e. The normalized spacial score (nSPS) is 11.4.